The molecule has 0 saturated heterocycles. The van der Waals surface area contributed by atoms with Crippen molar-refractivity contribution in [1.82, 2.24) is 5.32 Å². The molecule has 0 aliphatic heterocycles. The first-order chi connectivity index (χ1) is 9.21. The molecule has 0 aliphatic carbocycles. The largest absolute Gasteiger partial charge is 0.352 e. The minimum atomic E-state index is -0.998. The zero-order valence-corrected chi connectivity index (χ0v) is 12.5. The Morgan fingerprint density at radius 3 is 2.40 bits per heavy atom. The molecule has 5 heteroatoms. The summed E-state index contributed by atoms with van der Waals surface area (Å²) in [6, 6.07) is 6.88. The molecular weight excluding hydrogens is 254 g/mol. The Bertz CT molecular complexity index is 490. The Kier molecular flexibility index (Phi) is 5.27. The van der Waals surface area contributed by atoms with Crippen LogP contribution in [-0.2, 0) is 4.79 Å². The highest BCUT2D eigenvalue weighted by Crippen LogP contribution is 2.16. The van der Waals surface area contributed by atoms with Crippen molar-refractivity contribution < 1.29 is 9.59 Å². The van der Waals surface area contributed by atoms with Crippen molar-refractivity contribution in [3.05, 3.63) is 29.8 Å². The van der Waals surface area contributed by atoms with Crippen LogP contribution in [0.4, 0.5) is 5.69 Å². The van der Waals surface area contributed by atoms with Crippen LogP contribution in [0.3, 0.4) is 0 Å². The van der Waals surface area contributed by atoms with E-state index in [-0.39, 0.29) is 11.8 Å². The van der Waals surface area contributed by atoms with Gasteiger partial charge >= 0.3 is 0 Å². The SMILES string of the molecule is CC(C)CNC(=O)c1ccccc1NC(=O)C(C)(C)N. The second-order valence-electron chi connectivity index (χ2n) is 5.83. The van der Waals surface area contributed by atoms with Crippen molar-refractivity contribution in [3.63, 3.8) is 0 Å². The van der Waals surface area contributed by atoms with Gasteiger partial charge in [-0.1, -0.05) is 26.0 Å². The molecule has 1 rings (SSSR count). The van der Waals surface area contributed by atoms with Gasteiger partial charge in [0.25, 0.3) is 5.91 Å². The van der Waals surface area contributed by atoms with Crippen molar-refractivity contribution >= 4 is 17.5 Å². The summed E-state index contributed by atoms with van der Waals surface area (Å²) in [7, 11) is 0. The van der Waals surface area contributed by atoms with Gasteiger partial charge in [-0.3, -0.25) is 9.59 Å². The molecule has 0 unspecified atom stereocenters. The van der Waals surface area contributed by atoms with E-state index in [4.69, 9.17) is 5.73 Å². The molecule has 0 bridgehead atoms. The lowest BCUT2D eigenvalue weighted by Crippen LogP contribution is -2.45. The zero-order valence-electron chi connectivity index (χ0n) is 12.5. The molecule has 0 saturated carbocycles. The number of amides is 2. The minimum absolute atomic E-state index is 0.204. The lowest BCUT2D eigenvalue weighted by molar-refractivity contribution is -0.120. The minimum Gasteiger partial charge on any atom is -0.352 e. The Balaban J connectivity index is 2.88. The third-order valence-electron chi connectivity index (χ3n) is 2.68. The normalized spacial score (nSPS) is 11.3. The maximum Gasteiger partial charge on any atom is 0.253 e. The summed E-state index contributed by atoms with van der Waals surface area (Å²) in [5.41, 5.74) is 5.65. The lowest BCUT2D eigenvalue weighted by atomic mass is 10.1. The summed E-state index contributed by atoms with van der Waals surface area (Å²) in [5.74, 6) is -0.172. The maximum atomic E-state index is 12.1. The first kappa shape index (κ1) is 16.2. The highest BCUT2D eigenvalue weighted by atomic mass is 16.2. The molecule has 5 nitrogen and oxygen atoms in total. The molecule has 1 aromatic rings. The summed E-state index contributed by atoms with van der Waals surface area (Å²) >= 11 is 0. The van der Waals surface area contributed by atoms with Gasteiger partial charge in [0.2, 0.25) is 5.91 Å². The van der Waals surface area contributed by atoms with Crippen LogP contribution in [0.15, 0.2) is 24.3 Å². The quantitative estimate of drug-likeness (QED) is 0.766. The Hall–Kier alpha value is -1.88. The van der Waals surface area contributed by atoms with Crippen LogP contribution in [0.25, 0.3) is 0 Å². The summed E-state index contributed by atoms with van der Waals surface area (Å²) in [4.78, 5) is 24.0. The van der Waals surface area contributed by atoms with Gasteiger partial charge in [0.1, 0.15) is 0 Å². The van der Waals surface area contributed by atoms with E-state index < -0.39 is 5.54 Å². The van der Waals surface area contributed by atoms with E-state index in [1.165, 1.54) is 0 Å². The van der Waals surface area contributed by atoms with Crippen LogP contribution in [0, 0.1) is 5.92 Å². The number of nitrogens with two attached hydrogens (primary N) is 1. The van der Waals surface area contributed by atoms with Gasteiger partial charge < -0.3 is 16.4 Å². The van der Waals surface area contributed by atoms with Crippen molar-refractivity contribution in [2.45, 2.75) is 33.2 Å². The average Bonchev–Trinajstić information content (AvgIpc) is 2.35. The summed E-state index contributed by atoms with van der Waals surface area (Å²) in [5, 5.41) is 5.52. The number of nitrogens with one attached hydrogen (secondary N) is 2. The molecular formula is C15H23N3O2. The molecule has 0 fully saturated rings. The molecule has 0 aromatic heterocycles. The van der Waals surface area contributed by atoms with E-state index >= 15 is 0 Å². The third-order valence-corrected chi connectivity index (χ3v) is 2.68. The van der Waals surface area contributed by atoms with E-state index in [1.54, 1.807) is 38.1 Å². The number of anilines is 1. The van der Waals surface area contributed by atoms with E-state index in [1.807, 2.05) is 13.8 Å². The van der Waals surface area contributed by atoms with Crippen molar-refractivity contribution in [2.24, 2.45) is 11.7 Å². The van der Waals surface area contributed by atoms with Crippen LogP contribution >= 0.6 is 0 Å². The lowest BCUT2D eigenvalue weighted by Gasteiger charge is -2.19. The summed E-state index contributed by atoms with van der Waals surface area (Å²) in [6.07, 6.45) is 0. The average molecular weight is 277 g/mol. The first-order valence-corrected chi connectivity index (χ1v) is 6.69. The van der Waals surface area contributed by atoms with Crippen molar-refractivity contribution in [1.29, 1.82) is 0 Å². The van der Waals surface area contributed by atoms with E-state index in [2.05, 4.69) is 10.6 Å². The van der Waals surface area contributed by atoms with Crippen molar-refractivity contribution in [2.75, 3.05) is 11.9 Å². The third kappa shape index (κ3) is 4.66. The fourth-order valence-corrected chi connectivity index (χ4v) is 1.47. The predicted octanol–water partition coefficient (Wildman–Crippen LogP) is 1.75. The topological polar surface area (TPSA) is 84.2 Å². The second kappa shape index (κ2) is 6.52. The maximum absolute atomic E-state index is 12.1. The Labute approximate surface area is 119 Å². The molecule has 0 spiro atoms. The van der Waals surface area contributed by atoms with Crippen LogP contribution in [0.5, 0.6) is 0 Å². The predicted molar refractivity (Wildman–Crippen MR) is 80.5 cm³/mol. The Morgan fingerprint density at radius 2 is 1.85 bits per heavy atom. The number of carbonyl (C=O) groups is 2. The van der Waals surface area contributed by atoms with Gasteiger partial charge in [-0.25, -0.2) is 0 Å². The van der Waals surface area contributed by atoms with Crippen molar-refractivity contribution in [3.8, 4) is 0 Å². The molecule has 0 radical (unpaired) electrons. The Morgan fingerprint density at radius 1 is 1.25 bits per heavy atom. The van der Waals surface area contributed by atoms with Crippen LogP contribution < -0.4 is 16.4 Å². The number of hydrogen-bond acceptors (Lipinski definition) is 3. The number of carbonyl (C=O) groups excluding carboxylic acids is 2. The smallest absolute Gasteiger partial charge is 0.253 e. The highest BCUT2D eigenvalue weighted by Gasteiger charge is 2.23. The number of benzene rings is 1. The number of para-hydroxylation sites is 1. The van der Waals surface area contributed by atoms with Crippen LogP contribution in [-0.4, -0.2) is 23.9 Å². The molecule has 0 heterocycles. The molecule has 4 N–H and O–H groups in total. The second-order valence-corrected chi connectivity index (χ2v) is 5.83. The molecule has 2 amide bonds. The molecule has 0 aliphatic rings. The van der Waals surface area contributed by atoms with E-state index in [9.17, 15) is 9.59 Å². The van der Waals surface area contributed by atoms with E-state index in [0.717, 1.165) is 0 Å². The van der Waals surface area contributed by atoms with Gasteiger partial charge in [-0.2, -0.15) is 0 Å². The molecule has 20 heavy (non-hydrogen) atoms. The first-order valence-electron chi connectivity index (χ1n) is 6.69. The molecule has 110 valence electrons. The molecule has 0 atom stereocenters. The molecule has 1 aromatic carbocycles. The fraction of sp³-hybridized carbons (Fsp3) is 0.467. The van der Waals surface area contributed by atoms with Gasteiger partial charge in [0.15, 0.2) is 0 Å². The van der Waals surface area contributed by atoms with Gasteiger partial charge in [0.05, 0.1) is 16.8 Å². The van der Waals surface area contributed by atoms with Gasteiger partial charge in [-0.15, -0.1) is 0 Å². The monoisotopic (exact) mass is 277 g/mol. The standard InChI is InChI=1S/C15H23N3O2/c1-10(2)9-17-13(19)11-7-5-6-8-12(11)18-14(20)15(3,4)16/h5-8,10H,9,16H2,1-4H3,(H,17,19)(H,18,20). The van der Waals surface area contributed by atoms with Crippen LogP contribution in [0.1, 0.15) is 38.1 Å². The number of hydrogen-bond donors (Lipinski definition) is 3. The zero-order chi connectivity index (χ0) is 15.3. The van der Waals surface area contributed by atoms with Gasteiger partial charge in [0, 0.05) is 6.54 Å². The highest BCUT2D eigenvalue weighted by molar-refractivity contribution is 6.05. The summed E-state index contributed by atoms with van der Waals surface area (Å²) in [6.45, 7) is 7.85. The van der Waals surface area contributed by atoms with E-state index in [0.29, 0.717) is 23.7 Å². The van der Waals surface area contributed by atoms with Crippen LogP contribution in [0.2, 0.25) is 0 Å². The summed E-state index contributed by atoms with van der Waals surface area (Å²) < 4.78 is 0. The number of rotatable bonds is 5. The fourth-order valence-electron chi connectivity index (χ4n) is 1.47. The van der Waals surface area contributed by atoms with Gasteiger partial charge in [-0.05, 0) is 31.9 Å².